The average Bonchev–Trinajstić information content (AvgIpc) is 2.17. The van der Waals surface area contributed by atoms with Crippen LogP contribution in [-0.2, 0) is 0 Å². The highest BCUT2D eigenvalue weighted by atomic mass is 15.1. The molecule has 1 saturated heterocycles. The van der Waals surface area contributed by atoms with Gasteiger partial charge in [-0.15, -0.1) is 0 Å². The maximum absolute atomic E-state index is 5.76. The Balaban J connectivity index is 2.22. The predicted octanol–water partition coefficient (Wildman–Crippen LogP) is 1.85. The first kappa shape index (κ1) is 11.0. The number of hydrogen-bond acceptors (Lipinski definition) is 2. The summed E-state index contributed by atoms with van der Waals surface area (Å²) in [5, 5.41) is 0. The third kappa shape index (κ3) is 3.28. The maximum Gasteiger partial charge on any atom is -0.00131 e. The Labute approximate surface area is 82.5 Å². The van der Waals surface area contributed by atoms with E-state index in [0.29, 0.717) is 5.41 Å². The Morgan fingerprint density at radius 3 is 2.38 bits per heavy atom. The average molecular weight is 184 g/mol. The highest BCUT2D eigenvalue weighted by molar-refractivity contribution is 4.82. The summed E-state index contributed by atoms with van der Waals surface area (Å²) in [5.74, 6) is 0. The predicted molar refractivity (Wildman–Crippen MR) is 57.7 cm³/mol. The highest BCUT2D eigenvalue weighted by Gasteiger charge is 2.27. The van der Waals surface area contributed by atoms with Crippen molar-refractivity contribution in [2.75, 3.05) is 26.2 Å². The van der Waals surface area contributed by atoms with Gasteiger partial charge in [0.15, 0.2) is 0 Å². The third-order valence-electron chi connectivity index (χ3n) is 3.38. The van der Waals surface area contributed by atoms with Crippen molar-refractivity contribution >= 4 is 0 Å². The lowest BCUT2D eigenvalue weighted by atomic mass is 9.80. The van der Waals surface area contributed by atoms with E-state index in [4.69, 9.17) is 5.73 Å². The molecule has 0 aromatic rings. The normalized spacial score (nSPS) is 23.3. The molecule has 2 nitrogen and oxygen atoms in total. The van der Waals surface area contributed by atoms with E-state index in [2.05, 4.69) is 18.7 Å². The molecule has 0 atom stereocenters. The van der Waals surface area contributed by atoms with Gasteiger partial charge in [-0.3, -0.25) is 0 Å². The molecule has 0 radical (unpaired) electrons. The number of unbranched alkanes of at least 4 members (excludes halogenated alkanes) is 1. The Kier molecular flexibility index (Phi) is 4.20. The van der Waals surface area contributed by atoms with Gasteiger partial charge in [0.2, 0.25) is 0 Å². The second kappa shape index (κ2) is 4.97. The van der Waals surface area contributed by atoms with E-state index in [1.165, 1.54) is 45.3 Å². The van der Waals surface area contributed by atoms with Crippen molar-refractivity contribution in [2.24, 2.45) is 11.1 Å². The Morgan fingerprint density at radius 1 is 1.31 bits per heavy atom. The number of rotatable bonds is 4. The van der Waals surface area contributed by atoms with Crippen LogP contribution < -0.4 is 5.73 Å². The molecule has 1 heterocycles. The molecule has 13 heavy (non-hydrogen) atoms. The fraction of sp³-hybridized carbons (Fsp3) is 1.00. The molecule has 0 unspecified atom stereocenters. The Bertz CT molecular complexity index is 137. The van der Waals surface area contributed by atoms with Crippen LogP contribution in [0.3, 0.4) is 0 Å². The lowest BCUT2D eigenvalue weighted by Crippen LogP contribution is -2.42. The summed E-state index contributed by atoms with van der Waals surface area (Å²) in [6.45, 7) is 9.24. The number of nitrogens with two attached hydrogens (primary N) is 1. The molecule has 0 aliphatic carbocycles. The van der Waals surface area contributed by atoms with Crippen molar-refractivity contribution in [3.8, 4) is 0 Å². The van der Waals surface area contributed by atoms with Gasteiger partial charge in [0.25, 0.3) is 0 Å². The van der Waals surface area contributed by atoms with E-state index in [1.807, 2.05) is 0 Å². The second-order valence-electron chi connectivity index (χ2n) is 4.71. The van der Waals surface area contributed by atoms with Gasteiger partial charge in [-0.05, 0) is 50.9 Å². The van der Waals surface area contributed by atoms with E-state index in [1.54, 1.807) is 0 Å². The Morgan fingerprint density at radius 2 is 1.92 bits per heavy atom. The summed E-state index contributed by atoms with van der Waals surface area (Å²) in [5.41, 5.74) is 6.20. The van der Waals surface area contributed by atoms with Crippen molar-refractivity contribution in [3.63, 3.8) is 0 Å². The van der Waals surface area contributed by atoms with Gasteiger partial charge in [0.1, 0.15) is 0 Å². The zero-order valence-electron chi connectivity index (χ0n) is 9.18. The summed E-state index contributed by atoms with van der Waals surface area (Å²) in [6, 6.07) is 0. The molecule has 0 amide bonds. The van der Waals surface area contributed by atoms with Crippen LogP contribution in [0.2, 0.25) is 0 Å². The van der Waals surface area contributed by atoms with E-state index in [-0.39, 0.29) is 0 Å². The molecule has 0 aromatic heterocycles. The van der Waals surface area contributed by atoms with Crippen molar-refractivity contribution in [3.05, 3.63) is 0 Å². The van der Waals surface area contributed by atoms with Gasteiger partial charge in [0, 0.05) is 0 Å². The van der Waals surface area contributed by atoms with Crippen LogP contribution in [0.5, 0.6) is 0 Å². The summed E-state index contributed by atoms with van der Waals surface area (Å²) < 4.78 is 0. The second-order valence-corrected chi connectivity index (χ2v) is 4.71. The van der Waals surface area contributed by atoms with E-state index < -0.39 is 0 Å². The lowest BCUT2D eigenvalue weighted by molar-refractivity contribution is 0.123. The summed E-state index contributed by atoms with van der Waals surface area (Å²) >= 11 is 0. The van der Waals surface area contributed by atoms with Crippen LogP contribution in [-0.4, -0.2) is 31.1 Å². The molecule has 0 saturated carbocycles. The molecule has 78 valence electrons. The maximum atomic E-state index is 5.76. The van der Waals surface area contributed by atoms with Crippen molar-refractivity contribution < 1.29 is 0 Å². The number of piperidine rings is 1. The zero-order chi connectivity index (χ0) is 9.73. The minimum atomic E-state index is 0.433. The molecule has 2 heteroatoms. The summed E-state index contributed by atoms with van der Waals surface area (Å²) in [6.07, 6.45) is 5.23. The molecule has 2 N–H and O–H groups in total. The van der Waals surface area contributed by atoms with Crippen LogP contribution in [0.15, 0.2) is 0 Å². The van der Waals surface area contributed by atoms with Gasteiger partial charge in [-0.1, -0.05) is 20.3 Å². The topological polar surface area (TPSA) is 29.3 Å². The zero-order valence-corrected chi connectivity index (χ0v) is 9.18. The quantitative estimate of drug-likeness (QED) is 0.722. The first-order valence-electron chi connectivity index (χ1n) is 5.62. The van der Waals surface area contributed by atoms with Crippen LogP contribution in [0.4, 0.5) is 0 Å². The fourth-order valence-corrected chi connectivity index (χ4v) is 1.90. The molecule has 0 aromatic carbocycles. The SMILES string of the molecule is CCCCN1CCC(C)(CN)CC1. The molecule has 0 spiro atoms. The molecule has 1 fully saturated rings. The highest BCUT2D eigenvalue weighted by Crippen LogP contribution is 2.29. The monoisotopic (exact) mass is 184 g/mol. The van der Waals surface area contributed by atoms with Crippen molar-refractivity contribution in [1.82, 2.24) is 4.90 Å². The number of hydrogen-bond donors (Lipinski definition) is 1. The van der Waals surface area contributed by atoms with Crippen LogP contribution in [0.1, 0.15) is 39.5 Å². The largest absolute Gasteiger partial charge is 0.330 e. The first-order valence-corrected chi connectivity index (χ1v) is 5.62. The summed E-state index contributed by atoms with van der Waals surface area (Å²) in [7, 11) is 0. The molecule has 1 aliphatic rings. The number of likely N-dealkylation sites (tertiary alicyclic amines) is 1. The third-order valence-corrected chi connectivity index (χ3v) is 3.38. The van der Waals surface area contributed by atoms with Crippen LogP contribution in [0.25, 0.3) is 0 Å². The molecule has 0 bridgehead atoms. The number of nitrogens with zero attached hydrogens (tertiary/aromatic N) is 1. The van der Waals surface area contributed by atoms with E-state index in [9.17, 15) is 0 Å². The fourth-order valence-electron chi connectivity index (χ4n) is 1.90. The Hall–Kier alpha value is -0.0800. The first-order chi connectivity index (χ1) is 6.20. The lowest BCUT2D eigenvalue weighted by Gasteiger charge is -2.38. The molecular formula is C11H24N2. The van der Waals surface area contributed by atoms with Gasteiger partial charge in [0.05, 0.1) is 0 Å². The molecule has 1 aliphatic heterocycles. The van der Waals surface area contributed by atoms with Crippen LogP contribution in [0, 0.1) is 5.41 Å². The van der Waals surface area contributed by atoms with Gasteiger partial charge in [-0.25, -0.2) is 0 Å². The summed E-state index contributed by atoms with van der Waals surface area (Å²) in [4.78, 5) is 2.58. The standard InChI is InChI=1S/C11H24N2/c1-3-4-7-13-8-5-11(2,10-12)6-9-13/h3-10,12H2,1-2H3. The van der Waals surface area contributed by atoms with Gasteiger partial charge >= 0.3 is 0 Å². The van der Waals surface area contributed by atoms with Crippen LogP contribution >= 0.6 is 0 Å². The van der Waals surface area contributed by atoms with Crippen molar-refractivity contribution in [1.29, 1.82) is 0 Å². The van der Waals surface area contributed by atoms with Gasteiger partial charge in [-0.2, -0.15) is 0 Å². The van der Waals surface area contributed by atoms with Gasteiger partial charge < -0.3 is 10.6 Å². The van der Waals surface area contributed by atoms with E-state index in [0.717, 1.165) is 6.54 Å². The molecule has 1 rings (SSSR count). The molecular weight excluding hydrogens is 160 g/mol. The minimum absolute atomic E-state index is 0.433. The van der Waals surface area contributed by atoms with E-state index >= 15 is 0 Å². The van der Waals surface area contributed by atoms with Crippen molar-refractivity contribution in [2.45, 2.75) is 39.5 Å². The minimum Gasteiger partial charge on any atom is -0.330 e. The smallest absolute Gasteiger partial charge is 0.00131 e.